The van der Waals surface area contributed by atoms with Gasteiger partial charge in [0.05, 0.1) is 12.9 Å². The van der Waals surface area contributed by atoms with Crippen LogP contribution in [0.1, 0.15) is 52.2 Å². The van der Waals surface area contributed by atoms with E-state index in [2.05, 4.69) is 39.0 Å². The summed E-state index contributed by atoms with van der Waals surface area (Å²) in [4.78, 5) is 15.7. The zero-order valence-electron chi connectivity index (χ0n) is 18.3. The van der Waals surface area contributed by atoms with Gasteiger partial charge in [-0.1, -0.05) is 12.8 Å². The molecule has 0 spiro atoms. The first kappa shape index (κ1) is 22.3. The summed E-state index contributed by atoms with van der Waals surface area (Å²) >= 11 is 0. The molecular formula is C21H34N6O4. The van der Waals surface area contributed by atoms with Crippen LogP contribution in [-0.4, -0.2) is 89.8 Å². The van der Waals surface area contributed by atoms with Gasteiger partial charge in [-0.3, -0.25) is 4.57 Å². The first-order chi connectivity index (χ1) is 14.9. The molecule has 172 valence electrons. The van der Waals surface area contributed by atoms with Gasteiger partial charge in [0.1, 0.15) is 24.6 Å². The van der Waals surface area contributed by atoms with Crippen LogP contribution in [0.2, 0.25) is 0 Å². The molecule has 4 atom stereocenters. The van der Waals surface area contributed by atoms with Gasteiger partial charge in [-0.15, -0.1) is 0 Å². The van der Waals surface area contributed by atoms with Gasteiger partial charge < -0.3 is 30.3 Å². The number of anilines is 1. The minimum absolute atomic E-state index is 0.196. The van der Waals surface area contributed by atoms with Crippen molar-refractivity contribution in [1.29, 1.82) is 0 Å². The Balaban J connectivity index is 1.48. The van der Waals surface area contributed by atoms with Crippen LogP contribution in [0.5, 0.6) is 0 Å². The van der Waals surface area contributed by atoms with Crippen LogP contribution in [-0.2, 0) is 4.74 Å². The Labute approximate surface area is 182 Å². The molecule has 0 aliphatic carbocycles. The summed E-state index contributed by atoms with van der Waals surface area (Å²) in [5.41, 5.74) is 0.873. The van der Waals surface area contributed by atoms with Gasteiger partial charge in [0.25, 0.3) is 0 Å². The number of hydrogen-bond acceptors (Lipinski definition) is 9. The van der Waals surface area contributed by atoms with Crippen molar-refractivity contribution in [3.05, 3.63) is 12.7 Å². The Kier molecular flexibility index (Phi) is 6.73. The van der Waals surface area contributed by atoms with E-state index in [1.54, 1.807) is 4.57 Å². The number of fused-ring (bicyclic) bond motifs is 1. The van der Waals surface area contributed by atoms with Crippen molar-refractivity contribution in [2.45, 2.75) is 76.0 Å². The molecular weight excluding hydrogens is 400 g/mol. The van der Waals surface area contributed by atoms with E-state index in [0.717, 1.165) is 13.0 Å². The smallest absolute Gasteiger partial charge is 0.167 e. The average molecular weight is 435 g/mol. The van der Waals surface area contributed by atoms with Crippen molar-refractivity contribution < 1.29 is 20.1 Å². The molecule has 0 radical (unpaired) electrons. The average Bonchev–Trinajstić information content (AvgIpc) is 3.17. The highest BCUT2D eigenvalue weighted by Crippen LogP contribution is 2.32. The highest BCUT2D eigenvalue weighted by atomic mass is 16.6. The van der Waals surface area contributed by atoms with E-state index in [1.165, 1.54) is 51.4 Å². The van der Waals surface area contributed by atoms with E-state index in [4.69, 9.17) is 4.74 Å². The minimum atomic E-state index is -1.19. The Morgan fingerprint density at radius 1 is 1.10 bits per heavy atom. The number of nitrogens with zero attached hydrogens (tertiary/aromatic N) is 5. The van der Waals surface area contributed by atoms with Crippen LogP contribution in [0.4, 0.5) is 5.82 Å². The fourth-order valence-electron chi connectivity index (χ4n) is 4.42. The van der Waals surface area contributed by atoms with Gasteiger partial charge in [0, 0.05) is 12.1 Å². The number of aliphatic hydroxyl groups excluding tert-OH is 3. The quantitative estimate of drug-likeness (QED) is 0.502. The predicted molar refractivity (Wildman–Crippen MR) is 116 cm³/mol. The number of aromatic nitrogens is 4. The Hall–Kier alpha value is -1.85. The lowest BCUT2D eigenvalue weighted by atomic mass is 10.00. The van der Waals surface area contributed by atoms with E-state index in [1.807, 2.05) is 0 Å². The summed E-state index contributed by atoms with van der Waals surface area (Å²) in [7, 11) is 0. The highest BCUT2D eigenvalue weighted by molar-refractivity contribution is 5.83. The number of likely N-dealkylation sites (tertiary alicyclic amines) is 1. The van der Waals surface area contributed by atoms with Crippen LogP contribution >= 0.6 is 0 Å². The number of nitrogens with one attached hydrogen (secondary N) is 1. The zero-order chi connectivity index (χ0) is 22.0. The van der Waals surface area contributed by atoms with Crippen LogP contribution in [0, 0.1) is 0 Å². The lowest BCUT2D eigenvalue weighted by molar-refractivity contribution is -0.0511. The molecule has 0 bridgehead atoms. The van der Waals surface area contributed by atoms with Crippen LogP contribution < -0.4 is 5.32 Å². The molecule has 0 saturated carbocycles. The predicted octanol–water partition coefficient (Wildman–Crippen LogP) is 0.894. The summed E-state index contributed by atoms with van der Waals surface area (Å²) in [5, 5.41) is 33.3. The molecule has 31 heavy (non-hydrogen) atoms. The van der Waals surface area contributed by atoms with Crippen LogP contribution in [0.25, 0.3) is 11.2 Å². The Bertz CT molecular complexity index is 867. The summed E-state index contributed by atoms with van der Waals surface area (Å²) in [6.45, 7) is 7.30. The third-order valence-electron chi connectivity index (χ3n) is 6.36. The van der Waals surface area contributed by atoms with E-state index in [0.29, 0.717) is 17.0 Å². The van der Waals surface area contributed by atoms with Gasteiger partial charge in [-0.2, -0.15) is 0 Å². The second-order valence-electron chi connectivity index (χ2n) is 9.29. The monoisotopic (exact) mass is 434 g/mol. The normalized spacial score (nSPS) is 28.2. The van der Waals surface area contributed by atoms with Gasteiger partial charge in [0.15, 0.2) is 23.2 Å². The number of rotatable bonds is 7. The number of ether oxygens (including phenoxy) is 1. The molecule has 4 heterocycles. The third kappa shape index (κ3) is 4.83. The third-order valence-corrected chi connectivity index (χ3v) is 6.36. The molecule has 2 aromatic heterocycles. The molecule has 0 aromatic carbocycles. The first-order valence-electron chi connectivity index (χ1n) is 11.2. The molecule has 4 N–H and O–H groups in total. The lowest BCUT2D eigenvalue weighted by Gasteiger charge is -2.30. The molecule has 2 aromatic rings. The minimum Gasteiger partial charge on any atom is -0.394 e. The Morgan fingerprint density at radius 2 is 1.84 bits per heavy atom. The summed E-state index contributed by atoms with van der Waals surface area (Å²) in [6.07, 6.45) is 5.06. The summed E-state index contributed by atoms with van der Waals surface area (Å²) in [6, 6.07) is 0. The van der Waals surface area contributed by atoms with Crippen molar-refractivity contribution in [3.8, 4) is 0 Å². The van der Waals surface area contributed by atoms with E-state index in [9.17, 15) is 15.3 Å². The maximum absolute atomic E-state index is 10.4. The number of aliphatic hydroxyl groups is 3. The van der Waals surface area contributed by atoms with E-state index >= 15 is 0 Å². The molecule has 4 rings (SSSR count). The second-order valence-corrected chi connectivity index (χ2v) is 9.29. The van der Waals surface area contributed by atoms with Crippen molar-refractivity contribution in [2.24, 2.45) is 0 Å². The number of imidazole rings is 1. The van der Waals surface area contributed by atoms with Crippen molar-refractivity contribution >= 4 is 17.0 Å². The van der Waals surface area contributed by atoms with Gasteiger partial charge >= 0.3 is 0 Å². The second kappa shape index (κ2) is 9.33. The zero-order valence-corrected chi connectivity index (χ0v) is 18.3. The summed E-state index contributed by atoms with van der Waals surface area (Å²) in [5.74, 6) is 0.622. The van der Waals surface area contributed by atoms with Crippen molar-refractivity contribution in [3.63, 3.8) is 0 Å². The molecule has 2 fully saturated rings. The molecule has 10 heteroatoms. The molecule has 2 saturated heterocycles. The van der Waals surface area contributed by atoms with Crippen LogP contribution in [0.15, 0.2) is 12.7 Å². The van der Waals surface area contributed by atoms with E-state index < -0.39 is 24.5 Å². The standard InChI is InChI=1S/C21H34N6O4/c1-21(2,7-10-26-8-5-3-4-6-9-26)25-18-15-19(23-12-22-18)27(13-24-15)20-17(30)16(29)14(11-28)31-20/h12-14,16-17,20,28-30H,3-11H2,1-2H3,(H,22,23,25)/t14-,16-,17-,20-/m1/s1. The van der Waals surface area contributed by atoms with Crippen molar-refractivity contribution in [2.75, 3.05) is 31.6 Å². The largest absolute Gasteiger partial charge is 0.394 e. The van der Waals surface area contributed by atoms with E-state index in [-0.39, 0.29) is 12.1 Å². The highest BCUT2D eigenvalue weighted by Gasteiger charge is 2.44. The first-order valence-corrected chi connectivity index (χ1v) is 11.2. The van der Waals surface area contributed by atoms with Gasteiger partial charge in [-0.25, -0.2) is 15.0 Å². The number of hydrogen-bond donors (Lipinski definition) is 4. The topological polar surface area (TPSA) is 129 Å². The molecule has 10 nitrogen and oxygen atoms in total. The molecule has 2 aliphatic rings. The molecule has 2 aliphatic heterocycles. The maximum Gasteiger partial charge on any atom is 0.167 e. The van der Waals surface area contributed by atoms with Gasteiger partial charge in [0.2, 0.25) is 0 Å². The SMILES string of the molecule is CC(C)(CCN1CCCCCC1)Nc1ncnc2c1ncn2[C@@H]1O[C@H](CO)[C@@H](O)[C@H]1O. The van der Waals surface area contributed by atoms with Gasteiger partial charge in [-0.05, 0) is 46.2 Å². The maximum atomic E-state index is 10.4. The summed E-state index contributed by atoms with van der Waals surface area (Å²) < 4.78 is 7.21. The van der Waals surface area contributed by atoms with Crippen LogP contribution in [0.3, 0.4) is 0 Å². The molecule has 0 amide bonds. The Morgan fingerprint density at radius 3 is 2.52 bits per heavy atom. The molecule has 0 unspecified atom stereocenters. The fraction of sp³-hybridized carbons (Fsp3) is 0.762. The van der Waals surface area contributed by atoms with Crippen molar-refractivity contribution in [1.82, 2.24) is 24.4 Å². The lowest BCUT2D eigenvalue weighted by Crippen LogP contribution is -2.37. The fourth-order valence-corrected chi connectivity index (χ4v) is 4.42.